The number of thiophene rings is 1. The molecule has 1 fully saturated rings. The van der Waals surface area contributed by atoms with Crippen LogP contribution < -0.4 is 10.4 Å². The highest BCUT2D eigenvalue weighted by atomic mass is 32.2. The van der Waals surface area contributed by atoms with E-state index in [2.05, 4.69) is 21.2 Å². The standard InChI is InChI=1S/C24H21N7O3S2/c32-20(29-33)5-4-15-6-7-31(14-15)36-21-12-19-22(35-21)24(30-8-10-34-11-9-30)27-23(26-19)16-2-1-3-18-17(16)13-25-28-18/h1-7,12-14,33H,8-11H2,(H,25,28)(H,29,32)/b5-4+. The lowest BCUT2D eigenvalue weighted by Gasteiger charge is -2.28. The molecular weight excluding hydrogens is 498 g/mol. The molecule has 36 heavy (non-hydrogen) atoms. The third-order valence-corrected chi connectivity index (χ3v) is 7.91. The number of morpholine rings is 1. The summed E-state index contributed by atoms with van der Waals surface area (Å²) in [4.78, 5) is 23.5. The summed E-state index contributed by atoms with van der Waals surface area (Å²) in [5.74, 6) is 1.01. The van der Waals surface area contributed by atoms with Gasteiger partial charge in [0.05, 0.1) is 39.4 Å². The Kier molecular flexibility index (Phi) is 6.15. The minimum absolute atomic E-state index is 0.573. The highest BCUT2D eigenvalue weighted by Crippen LogP contribution is 2.39. The number of benzene rings is 1. The van der Waals surface area contributed by atoms with Gasteiger partial charge in [-0.2, -0.15) is 5.10 Å². The number of hydroxylamine groups is 1. The van der Waals surface area contributed by atoms with Crippen molar-refractivity contribution in [3.8, 4) is 11.4 Å². The predicted molar refractivity (Wildman–Crippen MR) is 140 cm³/mol. The lowest BCUT2D eigenvalue weighted by Crippen LogP contribution is -2.36. The third kappa shape index (κ3) is 4.46. The van der Waals surface area contributed by atoms with Crippen LogP contribution in [0.1, 0.15) is 5.56 Å². The van der Waals surface area contributed by atoms with Crippen LogP contribution in [-0.2, 0) is 9.53 Å². The molecule has 1 aliphatic heterocycles. The third-order valence-electron chi connectivity index (χ3n) is 5.79. The van der Waals surface area contributed by atoms with Gasteiger partial charge >= 0.3 is 0 Å². The van der Waals surface area contributed by atoms with Gasteiger partial charge in [0.2, 0.25) is 0 Å². The van der Waals surface area contributed by atoms with Crippen LogP contribution in [0.4, 0.5) is 5.82 Å². The molecular formula is C24H21N7O3S2. The second-order valence-corrected chi connectivity index (χ2v) is 10.4. The van der Waals surface area contributed by atoms with Crippen molar-refractivity contribution in [1.29, 1.82) is 0 Å². The molecule has 1 saturated heterocycles. The van der Waals surface area contributed by atoms with E-state index >= 15 is 0 Å². The molecule has 0 spiro atoms. The number of aromatic amines is 1. The van der Waals surface area contributed by atoms with Crippen LogP contribution in [0.25, 0.3) is 38.6 Å². The summed E-state index contributed by atoms with van der Waals surface area (Å²) in [7, 11) is 0. The number of carbonyl (C=O) groups excluding carboxylic acids is 1. The Morgan fingerprint density at radius 2 is 2.14 bits per heavy atom. The average molecular weight is 520 g/mol. The lowest BCUT2D eigenvalue weighted by atomic mass is 10.1. The van der Waals surface area contributed by atoms with Crippen molar-refractivity contribution in [2.75, 3.05) is 31.2 Å². The smallest absolute Gasteiger partial charge is 0.267 e. The number of hydrogen-bond acceptors (Lipinski definition) is 9. The normalized spacial score (nSPS) is 14.3. The average Bonchev–Trinajstić information content (AvgIpc) is 3.66. The van der Waals surface area contributed by atoms with Gasteiger partial charge < -0.3 is 9.64 Å². The Bertz CT molecular complexity index is 1580. The molecule has 4 aromatic heterocycles. The fourth-order valence-electron chi connectivity index (χ4n) is 4.07. The second-order valence-electron chi connectivity index (χ2n) is 8.09. The van der Waals surface area contributed by atoms with Gasteiger partial charge in [-0.15, -0.1) is 11.3 Å². The number of hydrogen-bond donors (Lipinski definition) is 3. The Balaban J connectivity index is 1.38. The topological polar surface area (TPSA) is 121 Å². The van der Waals surface area contributed by atoms with Crippen molar-refractivity contribution in [3.05, 3.63) is 60.6 Å². The van der Waals surface area contributed by atoms with E-state index in [4.69, 9.17) is 19.9 Å². The zero-order chi connectivity index (χ0) is 24.5. The van der Waals surface area contributed by atoms with E-state index in [9.17, 15) is 4.79 Å². The second kappa shape index (κ2) is 9.74. The van der Waals surface area contributed by atoms with Gasteiger partial charge in [-0.1, -0.05) is 12.1 Å². The Hall–Kier alpha value is -3.71. The van der Waals surface area contributed by atoms with E-state index in [1.165, 1.54) is 6.08 Å². The Morgan fingerprint density at radius 3 is 3.00 bits per heavy atom. The van der Waals surface area contributed by atoms with Gasteiger partial charge in [-0.3, -0.25) is 19.1 Å². The van der Waals surface area contributed by atoms with Crippen molar-refractivity contribution in [2.45, 2.75) is 4.21 Å². The van der Waals surface area contributed by atoms with Gasteiger partial charge in [-0.25, -0.2) is 15.4 Å². The van der Waals surface area contributed by atoms with Gasteiger partial charge in [0.1, 0.15) is 0 Å². The maximum atomic E-state index is 11.2. The quantitative estimate of drug-likeness (QED) is 0.175. The number of anilines is 1. The van der Waals surface area contributed by atoms with Crippen LogP contribution in [-0.4, -0.2) is 61.6 Å². The first-order chi connectivity index (χ1) is 17.7. The first-order valence-electron chi connectivity index (χ1n) is 11.2. The van der Waals surface area contributed by atoms with Crippen molar-refractivity contribution in [3.63, 3.8) is 0 Å². The molecule has 10 nitrogen and oxygen atoms in total. The summed E-state index contributed by atoms with van der Waals surface area (Å²) in [5.41, 5.74) is 5.20. The lowest BCUT2D eigenvalue weighted by molar-refractivity contribution is -0.124. The molecule has 5 heterocycles. The summed E-state index contributed by atoms with van der Waals surface area (Å²) < 4.78 is 9.64. The van der Waals surface area contributed by atoms with Crippen LogP contribution in [0, 0.1) is 0 Å². The molecule has 5 aromatic rings. The van der Waals surface area contributed by atoms with Crippen LogP contribution >= 0.6 is 23.3 Å². The van der Waals surface area contributed by atoms with Crippen molar-refractivity contribution >= 4 is 62.2 Å². The van der Waals surface area contributed by atoms with Gasteiger partial charge in [0.15, 0.2) is 11.6 Å². The van der Waals surface area contributed by atoms with E-state index < -0.39 is 5.91 Å². The highest BCUT2D eigenvalue weighted by molar-refractivity contribution is 7.99. The van der Waals surface area contributed by atoms with Gasteiger partial charge in [0, 0.05) is 54.5 Å². The summed E-state index contributed by atoms with van der Waals surface area (Å²) in [6.07, 6.45) is 8.55. The molecule has 0 unspecified atom stereocenters. The Morgan fingerprint density at radius 1 is 1.25 bits per heavy atom. The fraction of sp³-hybridized carbons (Fsp3) is 0.167. The molecule has 0 radical (unpaired) electrons. The number of rotatable bonds is 6. The van der Waals surface area contributed by atoms with E-state index in [0.717, 1.165) is 55.4 Å². The fourth-order valence-corrected chi connectivity index (χ4v) is 6.24. The Labute approximate surface area is 213 Å². The van der Waals surface area contributed by atoms with Crippen LogP contribution in [0.15, 0.2) is 59.2 Å². The number of amides is 1. The summed E-state index contributed by atoms with van der Waals surface area (Å²) in [6.45, 7) is 2.88. The van der Waals surface area contributed by atoms with Crippen molar-refractivity contribution < 1.29 is 14.7 Å². The highest BCUT2D eigenvalue weighted by Gasteiger charge is 2.21. The molecule has 6 rings (SSSR count). The molecule has 0 aliphatic carbocycles. The van der Waals surface area contributed by atoms with Crippen LogP contribution in [0.3, 0.4) is 0 Å². The molecule has 1 amide bonds. The van der Waals surface area contributed by atoms with E-state index in [-0.39, 0.29) is 0 Å². The zero-order valence-electron chi connectivity index (χ0n) is 18.9. The number of fused-ring (bicyclic) bond motifs is 2. The van der Waals surface area contributed by atoms with Gasteiger partial charge in [0.25, 0.3) is 5.91 Å². The molecule has 0 saturated carbocycles. The van der Waals surface area contributed by atoms with E-state index in [1.807, 2.05) is 46.8 Å². The van der Waals surface area contributed by atoms with Crippen molar-refractivity contribution in [1.82, 2.24) is 29.6 Å². The number of ether oxygens (including phenoxy) is 1. The van der Waals surface area contributed by atoms with Crippen LogP contribution in [0.2, 0.25) is 0 Å². The zero-order valence-corrected chi connectivity index (χ0v) is 20.6. The first-order valence-corrected chi connectivity index (χ1v) is 12.8. The molecule has 182 valence electrons. The molecule has 0 atom stereocenters. The number of aromatic nitrogens is 5. The number of H-pyrrole nitrogens is 1. The summed E-state index contributed by atoms with van der Waals surface area (Å²) in [6, 6.07) is 9.97. The number of nitrogens with one attached hydrogen (secondary N) is 2. The number of carbonyl (C=O) groups is 1. The monoisotopic (exact) mass is 519 g/mol. The largest absolute Gasteiger partial charge is 0.378 e. The predicted octanol–water partition coefficient (Wildman–Crippen LogP) is 3.95. The first kappa shape index (κ1) is 22.7. The maximum Gasteiger partial charge on any atom is 0.267 e. The summed E-state index contributed by atoms with van der Waals surface area (Å²) in [5, 5.41) is 16.8. The summed E-state index contributed by atoms with van der Waals surface area (Å²) >= 11 is 3.21. The van der Waals surface area contributed by atoms with E-state index in [1.54, 1.807) is 34.8 Å². The molecule has 12 heteroatoms. The minimum Gasteiger partial charge on any atom is -0.378 e. The molecule has 1 aliphatic rings. The van der Waals surface area contributed by atoms with Crippen molar-refractivity contribution in [2.24, 2.45) is 0 Å². The minimum atomic E-state index is -0.573. The SMILES string of the molecule is O=C(/C=C/c1ccn(Sc2cc3nc(-c4cccc5[nH]ncc45)nc(N4CCOCC4)c3s2)c1)NO. The molecule has 0 bridgehead atoms. The van der Waals surface area contributed by atoms with Gasteiger partial charge in [-0.05, 0) is 29.8 Å². The van der Waals surface area contributed by atoms with Crippen LogP contribution in [0.5, 0.6) is 0 Å². The molecule has 3 N–H and O–H groups in total. The number of nitrogens with zero attached hydrogens (tertiary/aromatic N) is 5. The molecule has 1 aromatic carbocycles. The maximum absolute atomic E-state index is 11.2. The van der Waals surface area contributed by atoms with E-state index in [0.29, 0.717) is 19.0 Å².